The maximum absolute atomic E-state index is 12.4. The van der Waals surface area contributed by atoms with Gasteiger partial charge in [-0.15, -0.1) is 0 Å². The second-order valence-electron chi connectivity index (χ2n) is 5.68. The Bertz CT molecular complexity index is 1110. The van der Waals surface area contributed by atoms with Crippen molar-refractivity contribution in [3.63, 3.8) is 0 Å². The van der Waals surface area contributed by atoms with Gasteiger partial charge in [0.25, 0.3) is 0 Å². The molecule has 0 radical (unpaired) electrons. The Balaban J connectivity index is 1.58. The number of hydrogen-bond donors (Lipinski definition) is 1. The molecule has 1 N–H and O–H groups in total. The van der Waals surface area contributed by atoms with E-state index in [1.807, 2.05) is 30.3 Å². The first-order valence-corrected chi connectivity index (χ1v) is 10.2. The number of nitrogens with zero attached hydrogens (tertiary/aromatic N) is 1. The van der Waals surface area contributed by atoms with Crippen LogP contribution in [0.1, 0.15) is 6.92 Å². The molecule has 28 heavy (non-hydrogen) atoms. The summed E-state index contributed by atoms with van der Waals surface area (Å²) in [6.45, 7) is 2.29. The van der Waals surface area contributed by atoms with E-state index in [-0.39, 0.29) is 18.0 Å². The molecule has 7 heteroatoms. The lowest BCUT2D eigenvalue weighted by Crippen LogP contribution is -2.24. The average molecular weight is 396 g/mol. The number of aromatic nitrogens is 1. The summed E-state index contributed by atoms with van der Waals surface area (Å²) >= 11 is 0. The summed E-state index contributed by atoms with van der Waals surface area (Å²) in [5.41, 5.74) is 0.764. The Hall–Kier alpha value is -3.08. The number of sulfonamides is 1. The predicted molar refractivity (Wildman–Crippen MR) is 108 cm³/mol. The molecule has 0 aliphatic heterocycles. The van der Waals surface area contributed by atoms with Crippen LogP contribution in [-0.2, 0) is 10.0 Å². The first kappa shape index (κ1) is 19.7. The summed E-state index contributed by atoms with van der Waals surface area (Å²) < 4.78 is 38.3. The van der Waals surface area contributed by atoms with Crippen LogP contribution in [0.2, 0.25) is 0 Å². The summed E-state index contributed by atoms with van der Waals surface area (Å²) in [5, 5.41) is 0.980. The molecular weight excluding hydrogens is 376 g/mol. The van der Waals surface area contributed by atoms with Crippen molar-refractivity contribution in [2.75, 3.05) is 19.8 Å². The Labute approximate surface area is 164 Å². The third kappa shape index (κ3) is 4.80. The van der Waals surface area contributed by atoms with E-state index in [9.17, 15) is 8.42 Å². The minimum atomic E-state index is -3.71. The zero-order valence-electron chi connectivity index (χ0n) is 15.4. The lowest BCUT2D eigenvalue weighted by atomic mass is 10.2. The van der Waals surface area contributed by atoms with E-state index in [2.05, 4.69) is 21.5 Å². The second-order valence-corrected chi connectivity index (χ2v) is 7.41. The van der Waals surface area contributed by atoms with E-state index in [1.54, 1.807) is 31.3 Å². The van der Waals surface area contributed by atoms with Crippen LogP contribution in [-0.4, -0.2) is 33.2 Å². The molecule has 0 atom stereocenters. The lowest BCUT2D eigenvalue weighted by molar-refractivity contribution is 0.331. The lowest BCUT2D eigenvalue weighted by Gasteiger charge is -2.10. The van der Waals surface area contributed by atoms with Crippen LogP contribution >= 0.6 is 0 Å². The third-order valence-corrected chi connectivity index (χ3v) is 5.25. The smallest absolute Gasteiger partial charge is 0.245 e. The zero-order valence-corrected chi connectivity index (χ0v) is 16.2. The first-order chi connectivity index (χ1) is 13.6. The predicted octanol–water partition coefficient (Wildman–Crippen LogP) is 2.99. The van der Waals surface area contributed by atoms with Crippen LogP contribution in [0, 0.1) is 11.8 Å². The van der Waals surface area contributed by atoms with E-state index < -0.39 is 10.0 Å². The fraction of sp³-hybridized carbons (Fsp3) is 0.190. The summed E-state index contributed by atoms with van der Waals surface area (Å²) in [4.78, 5) is 4.40. The molecule has 0 saturated carbocycles. The molecule has 0 aliphatic rings. The fourth-order valence-electron chi connectivity index (χ4n) is 2.58. The topological polar surface area (TPSA) is 77.5 Å². The van der Waals surface area contributed by atoms with Gasteiger partial charge in [-0.3, -0.25) is 4.98 Å². The minimum Gasteiger partial charge on any atom is -0.492 e. The summed E-state index contributed by atoms with van der Waals surface area (Å²) in [7, 11) is -3.71. The molecule has 0 unspecified atom stereocenters. The molecule has 0 spiro atoms. The summed E-state index contributed by atoms with van der Waals surface area (Å²) in [6.07, 6.45) is 1.70. The van der Waals surface area contributed by atoms with E-state index in [4.69, 9.17) is 9.47 Å². The highest BCUT2D eigenvalue weighted by atomic mass is 32.2. The van der Waals surface area contributed by atoms with Gasteiger partial charge >= 0.3 is 0 Å². The van der Waals surface area contributed by atoms with Gasteiger partial charge in [-0.05, 0) is 31.2 Å². The molecule has 144 valence electrons. The largest absolute Gasteiger partial charge is 0.492 e. The van der Waals surface area contributed by atoms with Crippen LogP contribution in [0.25, 0.3) is 10.9 Å². The molecule has 0 fully saturated rings. The molecule has 0 saturated heterocycles. The van der Waals surface area contributed by atoms with Crippen LogP contribution in [0.5, 0.6) is 11.5 Å². The Morgan fingerprint density at radius 3 is 2.61 bits per heavy atom. The summed E-state index contributed by atoms with van der Waals surface area (Å²) in [5.74, 6) is 6.51. The van der Waals surface area contributed by atoms with Crippen molar-refractivity contribution in [1.82, 2.24) is 9.71 Å². The van der Waals surface area contributed by atoms with Crippen LogP contribution in [0.3, 0.4) is 0 Å². The van der Waals surface area contributed by atoms with Crippen molar-refractivity contribution in [1.29, 1.82) is 0 Å². The molecule has 0 amide bonds. The van der Waals surface area contributed by atoms with E-state index >= 15 is 0 Å². The Kier molecular flexibility index (Phi) is 6.48. The van der Waals surface area contributed by atoms with E-state index in [0.29, 0.717) is 18.1 Å². The number of hydrogen-bond acceptors (Lipinski definition) is 5. The van der Waals surface area contributed by atoms with Crippen molar-refractivity contribution in [2.45, 2.75) is 11.8 Å². The van der Waals surface area contributed by atoms with Crippen LogP contribution < -0.4 is 14.2 Å². The van der Waals surface area contributed by atoms with E-state index in [1.165, 1.54) is 6.07 Å². The van der Waals surface area contributed by atoms with Gasteiger partial charge in [0.05, 0.1) is 13.2 Å². The maximum Gasteiger partial charge on any atom is 0.245 e. The SMILES string of the molecule is CCOc1ccccc1S(=O)(=O)NCC#CCOc1cccc2cccnc12. The maximum atomic E-state index is 12.4. The van der Waals surface area contributed by atoms with Gasteiger partial charge in [-0.2, -0.15) is 4.72 Å². The number of para-hydroxylation sites is 2. The number of ether oxygens (including phenoxy) is 2. The quantitative estimate of drug-likeness (QED) is 0.621. The first-order valence-electron chi connectivity index (χ1n) is 8.75. The molecule has 3 aromatic rings. The van der Waals surface area contributed by atoms with Gasteiger partial charge in [-0.1, -0.05) is 42.2 Å². The van der Waals surface area contributed by atoms with Crippen molar-refractivity contribution >= 4 is 20.9 Å². The number of rotatable bonds is 7. The molecule has 3 rings (SSSR count). The monoisotopic (exact) mass is 396 g/mol. The Morgan fingerprint density at radius 1 is 0.964 bits per heavy atom. The number of nitrogens with one attached hydrogen (secondary N) is 1. The van der Waals surface area contributed by atoms with Gasteiger partial charge in [0, 0.05) is 11.6 Å². The highest BCUT2D eigenvalue weighted by Crippen LogP contribution is 2.23. The van der Waals surface area contributed by atoms with Gasteiger partial charge in [0.15, 0.2) is 0 Å². The minimum absolute atomic E-state index is 0.0278. The van der Waals surface area contributed by atoms with Gasteiger partial charge < -0.3 is 9.47 Å². The molecule has 2 aromatic carbocycles. The third-order valence-electron chi connectivity index (χ3n) is 3.81. The molecule has 1 heterocycles. The standard InChI is InChI=1S/C21H20N2O4S/c1-2-26-18-11-3-4-13-20(18)28(24,25)23-15-5-6-16-27-19-12-7-9-17-10-8-14-22-21(17)19/h3-4,7-14,23H,2,15-16H2,1H3. The van der Waals surface area contributed by atoms with Gasteiger partial charge in [0.2, 0.25) is 10.0 Å². The highest BCUT2D eigenvalue weighted by Gasteiger charge is 2.18. The van der Waals surface area contributed by atoms with Crippen LogP contribution in [0.15, 0.2) is 65.7 Å². The van der Waals surface area contributed by atoms with Crippen molar-refractivity contribution in [3.05, 3.63) is 60.8 Å². The van der Waals surface area contributed by atoms with Crippen molar-refractivity contribution in [2.24, 2.45) is 0 Å². The highest BCUT2D eigenvalue weighted by molar-refractivity contribution is 7.89. The van der Waals surface area contributed by atoms with E-state index in [0.717, 1.165) is 10.9 Å². The number of fused-ring (bicyclic) bond motifs is 1. The molecule has 6 nitrogen and oxygen atoms in total. The summed E-state index contributed by atoms with van der Waals surface area (Å²) in [6, 6.07) is 16.0. The number of pyridine rings is 1. The average Bonchev–Trinajstić information content (AvgIpc) is 2.71. The molecule has 1 aromatic heterocycles. The normalized spacial score (nSPS) is 10.9. The second kappa shape index (κ2) is 9.22. The molecular formula is C21H20N2O4S. The zero-order chi connectivity index (χ0) is 19.8. The molecule has 0 bridgehead atoms. The molecule has 0 aliphatic carbocycles. The number of benzene rings is 2. The van der Waals surface area contributed by atoms with Crippen LogP contribution in [0.4, 0.5) is 0 Å². The van der Waals surface area contributed by atoms with Crippen molar-refractivity contribution in [3.8, 4) is 23.3 Å². The van der Waals surface area contributed by atoms with Gasteiger partial charge in [0.1, 0.15) is 28.5 Å². The van der Waals surface area contributed by atoms with Crippen molar-refractivity contribution < 1.29 is 17.9 Å². The van der Waals surface area contributed by atoms with Gasteiger partial charge in [-0.25, -0.2) is 8.42 Å². The Morgan fingerprint density at radius 2 is 1.75 bits per heavy atom. The fourth-order valence-corrected chi connectivity index (χ4v) is 3.64.